The van der Waals surface area contributed by atoms with E-state index in [0.29, 0.717) is 18.5 Å². The van der Waals surface area contributed by atoms with Gasteiger partial charge in [-0.25, -0.2) is 4.79 Å². The van der Waals surface area contributed by atoms with Gasteiger partial charge < -0.3 is 4.74 Å². The molecule has 4 heteroatoms. The number of rotatable bonds is 3. The van der Waals surface area contributed by atoms with Gasteiger partial charge >= 0.3 is 5.97 Å². The minimum absolute atomic E-state index is 0.0605. The van der Waals surface area contributed by atoms with E-state index in [4.69, 9.17) is 4.74 Å². The first-order chi connectivity index (χ1) is 9.15. The van der Waals surface area contributed by atoms with Crippen LogP contribution in [0.5, 0.6) is 0 Å². The Labute approximate surface area is 112 Å². The lowest BCUT2D eigenvalue weighted by atomic mass is 9.95. The molecule has 19 heavy (non-hydrogen) atoms. The summed E-state index contributed by atoms with van der Waals surface area (Å²) in [6.07, 6.45) is 4.31. The van der Waals surface area contributed by atoms with Gasteiger partial charge in [-0.05, 0) is 25.5 Å². The van der Waals surface area contributed by atoms with E-state index in [0.717, 1.165) is 0 Å². The molecule has 1 aromatic rings. The molecule has 1 heterocycles. The summed E-state index contributed by atoms with van der Waals surface area (Å²) in [5.41, 5.74) is -0.296. The van der Waals surface area contributed by atoms with Crippen LogP contribution in [0.3, 0.4) is 0 Å². The molecule has 1 fully saturated rings. The average molecular weight is 259 g/mol. The van der Waals surface area contributed by atoms with Gasteiger partial charge in [-0.3, -0.25) is 9.69 Å². The van der Waals surface area contributed by atoms with Crippen molar-refractivity contribution >= 4 is 17.6 Å². The summed E-state index contributed by atoms with van der Waals surface area (Å²) in [6, 6.07) is 9.21. The second-order valence-corrected chi connectivity index (χ2v) is 4.48. The maximum atomic E-state index is 12.2. The van der Waals surface area contributed by atoms with E-state index in [1.165, 1.54) is 7.11 Å². The first kappa shape index (κ1) is 13.3. The Bertz CT molecular complexity index is 509. The number of hydrogen-bond donors (Lipinski definition) is 0. The number of esters is 1. The Morgan fingerprint density at radius 1 is 1.37 bits per heavy atom. The number of benzene rings is 1. The number of allylic oxidation sites excluding steroid dienone is 1. The number of methoxy groups -OCH3 is 1. The Morgan fingerprint density at radius 3 is 2.63 bits per heavy atom. The zero-order valence-electron chi connectivity index (χ0n) is 11.1. The topological polar surface area (TPSA) is 46.6 Å². The monoisotopic (exact) mass is 259 g/mol. The summed E-state index contributed by atoms with van der Waals surface area (Å²) in [5, 5.41) is 0. The molecule has 2 rings (SSSR count). The predicted molar refractivity (Wildman–Crippen MR) is 72.7 cm³/mol. The zero-order valence-corrected chi connectivity index (χ0v) is 11.1. The van der Waals surface area contributed by atoms with Crippen LogP contribution >= 0.6 is 0 Å². The van der Waals surface area contributed by atoms with Gasteiger partial charge in [-0.1, -0.05) is 30.4 Å². The van der Waals surface area contributed by atoms with Crippen molar-refractivity contribution in [3.05, 3.63) is 42.5 Å². The van der Waals surface area contributed by atoms with Crippen molar-refractivity contribution in [1.82, 2.24) is 0 Å². The van der Waals surface area contributed by atoms with Gasteiger partial charge in [-0.2, -0.15) is 0 Å². The quantitative estimate of drug-likeness (QED) is 0.618. The molecule has 0 aromatic heterocycles. The number of carbonyl (C=O) groups excluding carboxylic acids is 2. The summed E-state index contributed by atoms with van der Waals surface area (Å²) in [5.74, 6) is -0.463. The van der Waals surface area contributed by atoms with Gasteiger partial charge in [0.2, 0.25) is 5.91 Å². The van der Waals surface area contributed by atoms with Gasteiger partial charge in [0.1, 0.15) is 0 Å². The Hall–Kier alpha value is -2.10. The largest absolute Gasteiger partial charge is 0.467 e. The first-order valence-corrected chi connectivity index (χ1v) is 6.26. The molecule has 0 N–H and O–H groups in total. The van der Waals surface area contributed by atoms with Gasteiger partial charge in [0, 0.05) is 12.1 Å². The van der Waals surface area contributed by atoms with Crippen LogP contribution in [0, 0.1) is 0 Å². The molecule has 1 aromatic carbocycles. The number of para-hydroxylation sites is 1. The van der Waals surface area contributed by atoms with Gasteiger partial charge in [0.25, 0.3) is 0 Å². The van der Waals surface area contributed by atoms with Crippen molar-refractivity contribution in [3.8, 4) is 0 Å². The van der Waals surface area contributed by atoms with Crippen molar-refractivity contribution < 1.29 is 14.3 Å². The molecular formula is C15H17NO3. The highest BCUT2D eigenvalue weighted by Gasteiger charge is 2.50. The molecule has 0 bridgehead atoms. The summed E-state index contributed by atoms with van der Waals surface area (Å²) >= 11 is 0. The minimum atomic E-state index is -1.01. The van der Waals surface area contributed by atoms with Crippen LogP contribution < -0.4 is 4.90 Å². The lowest BCUT2D eigenvalue weighted by Crippen LogP contribution is -2.51. The smallest absolute Gasteiger partial charge is 0.336 e. The van der Waals surface area contributed by atoms with E-state index < -0.39 is 11.5 Å². The number of hydrogen-bond acceptors (Lipinski definition) is 3. The van der Waals surface area contributed by atoms with Crippen molar-refractivity contribution in [2.24, 2.45) is 0 Å². The zero-order chi connectivity index (χ0) is 13.9. The summed E-state index contributed by atoms with van der Waals surface area (Å²) in [7, 11) is 1.35. The predicted octanol–water partition coefficient (Wildman–Crippen LogP) is 2.30. The van der Waals surface area contributed by atoms with Gasteiger partial charge in [0.15, 0.2) is 5.54 Å². The van der Waals surface area contributed by atoms with Crippen LogP contribution in [-0.2, 0) is 14.3 Å². The molecule has 1 aliphatic heterocycles. The van der Waals surface area contributed by atoms with Crippen molar-refractivity contribution in [2.45, 2.75) is 25.3 Å². The molecule has 4 nitrogen and oxygen atoms in total. The number of ether oxygens (including phenoxy) is 1. The van der Waals surface area contributed by atoms with Crippen LogP contribution in [0.25, 0.3) is 0 Å². The number of amides is 1. The first-order valence-electron chi connectivity index (χ1n) is 6.26. The highest BCUT2D eigenvalue weighted by atomic mass is 16.5. The lowest BCUT2D eigenvalue weighted by Gasteiger charge is -2.33. The van der Waals surface area contributed by atoms with Crippen molar-refractivity contribution in [1.29, 1.82) is 0 Å². The number of nitrogens with zero attached hydrogens (tertiary/aromatic N) is 1. The lowest BCUT2D eigenvalue weighted by molar-refractivity contribution is -0.145. The molecule has 100 valence electrons. The summed E-state index contributed by atoms with van der Waals surface area (Å²) in [4.78, 5) is 25.9. The highest BCUT2D eigenvalue weighted by molar-refractivity contribution is 6.06. The van der Waals surface area contributed by atoms with E-state index >= 15 is 0 Å². The molecule has 0 spiro atoms. The van der Waals surface area contributed by atoms with Crippen LogP contribution in [0.2, 0.25) is 0 Å². The third kappa shape index (κ3) is 2.14. The van der Waals surface area contributed by atoms with E-state index in [-0.39, 0.29) is 5.91 Å². The molecule has 1 amide bonds. The molecule has 1 aliphatic rings. The Morgan fingerprint density at radius 2 is 2.05 bits per heavy atom. The van der Waals surface area contributed by atoms with Crippen molar-refractivity contribution in [2.75, 3.05) is 12.0 Å². The fourth-order valence-corrected chi connectivity index (χ4v) is 2.57. The standard InChI is InChI=1S/C15H17NO3/c1-3-10-15(14(18)19-2)11-9-13(17)16(15)12-7-5-4-6-8-12/h3-8,10H,9,11H2,1-2H3. The summed E-state index contributed by atoms with van der Waals surface area (Å²) in [6.45, 7) is 1.83. The molecular weight excluding hydrogens is 242 g/mol. The second kappa shape index (κ2) is 5.26. The fourth-order valence-electron chi connectivity index (χ4n) is 2.57. The SMILES string of the molecule is CC=CC1(C(=O)OC)CCC(=O)N1c1ccccc1. The maximum absolute atomic E-state index is 12.2. The third-order valence-corrected chi connectivity index (χ3v) is 3.36. The molecule has 1 atom stereocenters. The van der Waals surface area contributed by atoms with Crippen LogP contribution in [0.15, 0.2) is 42.5 Å². The molecule has 1 saturated heterocycles. The van der Waals surface area contributed by atoms with Crippen molar-refractivity contribution in [3.63, 3.8) is 0 Å². The number of carbonyl (C=O) groups is 2. The van der Waals surface area contributed by atoms with Gasteiger partial charge in [-0.15, -0.1) is 0 Å². The number of anilines is 1. The Kier molecular flexibility index (Phi) is 3.69. The molecule has 0 saturated carbocycles. The average Bonchev–Trinajstić information content (AvgIpc) is 2.77. The summed E-state index contributed by atoms with van der Waals surface area (Å²) < 4.78 is 4.91. The molecule has 0 radical (unpaired) electrons. The fraction of sp³-hybridized carbons (Fsp3) is 0.333. The minimum Gasteiger partial charge on any atom is -0.467 e. The highest BCUT2D eigenvalue weighted by Crippen LogP contribution is 2.37. The van der Waals surface area contributed by atoms with E-state index in [2.05, 4.69) is 0 Å². The van der Waals surface area contributed by atoms with E-state index in [1.54, 1.807) is 17.1 Å². The van der Waals surface area contributed by atoms with Crippen LogP contribution in [-0.4, -0.2) is 24.5 Å². The van der Waals surface area contributed by atoms with Crippen LogP contribution in [0.1, 0.15) is 19.8 Å². The molecule has 1 unspecified atom stereocenters. The van der Waals surface area contributed by atoms with Crippen LogP contribution in [0.4, 0.5) is 5.69 Å². The normalized spacial score (nSPS) is 23.1. The van der Waals surface area contributed by atoms with Gasteiger partial charge in [0.05, 0.1) is 7.11 Å². The van der Waals surface area contributed by atoms with E-state index in [9.17, 15) is 9.59 Å². The second-order valence-electron chi connectivity index (χ2n) is 4.48. The maximum Gasteiger partial charge on any atom is 0.336 e. The Balaban J connectivity index is 2.53. The molecule has 0 aliphatic carbocycles. The third-order valence-electron chi connectivity index (χ3n) is 3.36. The van der Waals surface area contributed by atoms with E-state index in [1.807, 2.05) is 37.3 Å².